The van der Waals surface area contributed by atoms with Crippen LogP contribution in [0.25, 0.3) is 0 Å². The van der Waals surface area contributed by atoms with Crippen molar-refractivity contribution in [1.29, 1.82) is 0 Å². The monoisotopic (exact) mass is 505 g/mol. The lowest BCUT2D eigenvalue weighted by atomic mass is 9.54. The van der Waals surface area contributed by atoms with Crippen molar-refractivity contribution in [3.63, 3.8) is 0 Å². The molecular weight excluding hydrogens is 460 g/mol. The van der Waals surface area contributed by atoms with Gasteiger partial charge in [-0.1, -0.05) is 55.5 Å². The van der Waals surface area contributed by atoms with Crippen molar-refractivity contribution in [1.82, 2.24) is 5.32 Å². The summed E-state index contributed by atoms with van der Waals surface area (Å²) < 4.78 is 7.36. The predicted octanol–water partition coefficient (Wildman–Crippen LogP) is 5.52. The van der Waals surface area contributed by atoms with Gasteiger partial charge in [-0.3, -0.25) is 4.79 Å². The summed E-state index contributed by atoms with van der Waals surface area (Å²) in [6.07, 6.45) is 10.3. The Balaban J connectivity index is 1.42. The molecular formula is C32H45N2O3+. The fourth-order valence-electron chi connectivity index (χ4n) is 7.09. The zero-order valence-electron chi connectivity index (χ0n) is 22.8. The predicted molar refractivity (Wildman–Crippen MR) is 150 cm³/mol. The molecule has 2 aliphatic rings. The minimum absolute atomic E-state index is 0.110. The minimum atomic E-state index is -0.352. The van der Waals surface area contributed by atoms with Gasteiger partial charge in [0.1, 0.15) is 17.9 Å². The van der Waals surface area contributed by atoms with Crippen molar-refractivity contribution in [2.24, 2.45) is 0 Å². The number of rotatable bonds is 11. The second-order valence-corrected chi connectivity index (χ2v) is 11.6. The van der Waals surface area contributed by atoms with Crippen LogP contribution in [-0.4, -0.2) is 60.9 Å². The van der Waals surface area contributed by atoms with E-state index in [1.165, 1.54) is 5.56 Å². The van der Waals surface area contributed by atoms with Crippen molar-refractivity contribution in [2.45, 2.75) is 74.8 Å². The molecule has 5 nitrogen and oxygen atoms in total. The van der Waals surface area contributed by atoms with Gasteiger partial charge in [-0.05, 0) is 67.9 Å². The molecule has 200 valence electrons. The number of carbonyl (C=O) groups is 1. The van der Waals surface area contributed by atoms with Crippen molar-refractivity contribution < 1.29 is 19.1 Å². The average Bonchev–Trinajstić information content (AvgIpc) is 2.89. The Kier molecular flexibility index (Phi) is 8.76. The van der Waals surface area contributed by atoms with E-state index in [-0.39, 0.29) is 28.7 Å². The molecule has 1 amide bonds. The summed E-state index contributed by atoms with van der Waals surface area (Å²) >= 11 is 0. The van der Waals surface area contributed by atoms with Gasteiger partial charge in [0, 0.05) is 31.4 Å². The lowest BCUT2D eigenvalue weighted by Gasteiger charge is -2.61. The first-order chi connectivity index (χ1) is 17.8. The number of ether oxygens (including phenoxy) is 1. The quantitative estimate of drug-likeness (QED) is 0.240. The largest absolute Gasteiger partial charge is 0.508 e. The molecule has 1 heterocycles. The average molecular weight is 506 g/mol. The first kappa shape index (κ1) is 27.4. The van der Waals surface area contributed by atoms with Crippen LogP contribution in [0.4, 0.5) is 0 Å². The fourth-order valence-corrected chi connectivity index (χ4v) is 7.09. The Morgan fingerprint density at radius 2 is 1.97 bits per heavy atom. The summed E-state index contributed by atoms with van der Waals surface area (Å²) in [5.74, 6) is 0.441. The number of nitrogens with zero attached hydrogens (tertiary/aromatic N) is 1. The molecule has 1 aliphatic carbocycles. The number of hydrogen-bond donors (Lipinski definition) is 2. The number of phenolic OH excluding ortho intramolecular Hbond substituents is 1. The minimum Gasteiger partial charge on any atom is -0.508 e. The highest BCUT2D eigenvalue weighted by molar-refractivity contribution is 5.76. The molecule has 0 aromatic heterocycles. The third-order valence-electron chi connectivity index (χ3n) is 9.02. The molecule has 0 radical (unpaired) electrons. The van der Waals surface area contributed by atoms with Gasteiger partial charge in [0.2, 0.25) is 5.91 Å². The van der Waals surface area contributed by atoms with E-state index in [1.807, 2.05) is 31.4 Å². The maximum Gasteiger partial charge on any atom is 0.220 e. The van der Waals surface area contributed by atoms with Gasteiger partial charge in [0.15, 0.2) is 0 Å². The van der Waals surface area contributed by atoms with Gasteiger partial charge < -0.3 is 19.6 Å². The normalized spacial score (nSPS) is 29.3. The number of piperidine rings is 1. The SMILES string of the molecule is C=CC[N@@+]1(C)CC[C@@]2(c3cccc(O)c3)C[C@H](NC(=O)CCCCCc3ccccc3)CCC2(OC)C1. The van der Waals surface area contributed by atoms with E-state index in [0.717, 1.165) is 81.0 Å². The number of hydrogen-bond acceptors (Lipinski definition) is 3. The number of aromatic hydroxyl groups is 1. The summed E-state index contributed by atoms with van der Waals surface area (Å²) in [7, 11) is 4.13. The van der Waals surface area contributed by atoms with Crippen LogP contribution in [-0.2, 0) is 21.4 Å². The molecule has 2 N–H and O–H groups in total. The van der Waals surface area contributed by atoms with Crippen LogP contribution in [0.3, 0.4) is 0 Å². The van der Waals surface area contributed by atoms with Crippen LogP contribution < -0.4 is 5.32 Å². The van der Waals surface area contributed by atoms with Crippen LogP contribution in [0.2, 0.25) is 0 Å². The van der Waals surface area contributed by atoms with Crippen LogP contribution in [0.1, 0.15) is 62.5 Å². The van der Waals surface area contributed by atoms with E-state index in [1.54, 1.807) is 6.07 Å². The number of carbonyl (C=O) groups excluding carboxylic acids is 1. The summed E-state index contributed by atoms with van der Waals surface area (Å²) in [6, 6.07) is 18.4. The number of likely N-dealkylation sites (tertiary alicyclic amines) is 1. The van der Waals surface area contributed by atoms with E-state index >= 15 is 0 Å². The summed E-state index contributed by atoms with van der Waals surface area (Å²) in [5, 5.41) is 13.7. The zero-order valence-corrected chi connectivity index (χ0v) is 22.8. The smallest absolute Gasteiger partial charge is 0.220 e. The number of unbranched alkanes of at least 4 members (excludes halogenated alkanes) is 2. The summed E-state index contributed by atoms with van der Waals surface area (Å²) in [5.41, 5.74) is 1.88. The second-order valence-electron chi connectivity index (χ2n) is 11.6. The van der Waals surface area contributed by atoms with Crippen LogP contribution in [0.5, 0.6) is 5.75 Å². The van der Waals surface area contributed by atoms with Gasteiger partial charge in [-0.25, -0.2) is 0 Å². The van der Waals surface area contributed by atoms with E-state index in [2.05, 4.69) is 49.3 Å². The van der Waals surface area contributed by atoms with Gasteiger partial charge in [-0.2, -0.15) is 0 Å². The Labute approximate surface area is 223 Å². The molecule has 5 heteroatoms. The molecule has 1 saturated carbocycles. The van der Waals surface area contributed by atoms with Gasteiger partial charge >= 0.3 is 0 Å². The second kappa shape index (κ2) is 11.8. The number of amides is 1. The first-order valence-electron chi connectivity index (χ1n) is 14.0. The van der Waals surface area contributed by atoms with Gasteiger partial charge in [-0.15, -0.1) is 0 Å². The highest BCUT2D eigenvalue weighted by Crippen LogP contribution is 2.54. The maximum absolute atomic E-state index is 12.9. The van der Waals surface area contributed by atoms with Crippen LogP contribution in [0.15, 0.2) is 67.3 Å². The van der Waals surface area contributed by atoms with E-state index in [9.17, 15) is 9.90 Å². The van der Waals surface area contributed by atoms with Crippen molar-refractivity contribution >= 4 is 5.91 Å². The van der Waals surface area contributed by atoms with Crippen molar-refractivity contribution in [2.75, 3.05) is 33.8 Å². The third kappa shape index (κ3) is 6.10. The van der Waals surface area contributed by atoms with E-state index in [4.69, 9.17) is 4.74 Å². The Morgan fingerprint density at radius 3 is 2.70 bits per heavy atom. The Bertz CT molecular complexity index is 1060. The number of likely N-dealkylation sites (N-methyl/N-ethyl adjacent to an activating group) is 1. The molecule has 1 saturated heterocycles. The van der Waals surface area contributed by atoms with Crippen molar-refractivity contribution in [3.8, 4) is 5.75 Å². The number of benzene rings is 2. The molecule has 4 atom stereocenters. The standard InChI is InChI=1S/C32H44N2O3/c1-4-21-34(2)22-20-31(27-15-11-16-29(35)23-27)24-28(18-19-32(31,25-34)37-3)33-30(36)17-10-6-9-14-26-12-7-5-8-13-26/h4-5,7-8,11-13,15-16,23,28H,1,6,9-10,14,17-22,24-25H2,2-3H3,(H-,33,35,36)/p+1/t28-,31+,32?,34+/m1/s1. The zero-order chi connectivity index (χ0) is 26.4. The van der Waals surface area contributed by atoms with Gasteiger partial charge in [0.05, 0.1) is 20.1 Å². The third-order valence-corrected chi connectivity index (χ3v) is 9.02. The highest BCUT2D eigenvalue weighted by Gasteiger charge is 2.62. The first-order valence-corrected chi connectivity index (χ1v) is 14.0. The molecule has 37 heavy (non-hydrogen) atoms. The highest BCUT2D eigenvalue weighted by atomic mass is 16.5. The fraction of sp³-hybridized carbons (Fsp3) is 0.531. The number of aryl methyl sites for hydroxylation is 1. The molecule has 2 aromatic carbocycles. The molecule has 2 fully saturated rings. The molecule has 0 spiro atoms. The lowest BCUT2D eigenvalue weighted by Crippen LogP contribution is -2.72. The molecule has 4 rings (SSSR count). The maximum atomic E-state index is 12.9. The Morgan fingerprint density at radius 1 is 1.16 bits per heavy atom. The summed E-state index contributed by atoms with van der Waals surface area (Å²) in [4.78, 5) is 12.9. The van der Waals surface area contributed by atoms with E-state index in [0.29, 0.717) is 6.42 Å². The van der Waals surface area contributed by atoms with Gasteiger partial charge in [0.25, 0.3) is 0 Å². The number of nitrogens with one attached hydrogen (secondary N) is 1. The number of methoxy groups -OCH3 is 1. The summed E-state index contributed by atoms with van der Waals surface area (Å²) in [6.45, 7) is 6.81. The number of quaternary nitrogens is 1. The topological polar surface area (TPSA) is 58.6 Å². The van der Waals surface area contributed by atoms with Crippen LogP contribution in [0, 0.1) is 0 Å². The Hall–Kier alpha value is -2.63. The lowest BCUT2D eigenvalue weighted by molar-refractivity contribution is -0.918. The van der Waals surface area contributed by atoms with Crippen molar-refractivity contribution in [3.05, 3.63) is 78.4 Å². The van der Waals surface area contributed by atoms with Crippen LogP contribution >= 0.6 is 0 Å². The molecule has 2 aromatic rings. The molecule has 0 bridgehead atoms. The van der Waals surface area contributed by atoms with E-state index < -0.39 is 0 Å². The molecule has 1 unspecified atom stereocenters. The molecule has 1 aliphatic heterocycles. The number of fused-ring (bicyclic) bond motifs is 1. The number of phenols is 1.